The van der Waals surface area contributed by atoms with E-state index in [0.29, 0.717) is 0 Å². The van der Waals surface area contributed by atoms with Gasteiger partial charge in [-0.3, -0.25) is 4.79 Å². The van der Waals surface area contributed by atoms with Crippen LogP contribution in [0.3, 0.4) is 0 Å². The van der Waals surface area contributed by atoms with Crippen LogP contribution in [0.1, 0.15) is 6.92 Å². The van der Waals surface area contributed by atoms with Gasteiger partial charge in [-0.25, -0.2) is 4.74 Å². The van der Waals surface area contributed by atoms with Crippen molar-refractivity contribution in [3.05, 3.63) is 12.0 Å². The second-order valence-electron chi connectivity index (χ2n) is 1.37. The number of nitrogens with zero attached hydrogens (tertiary/aromatic N) is 1. The van der Waals surface area contributed by atoms with Gasteiger partial charge in [-0.1, -0.05) is 0 Å². The number of ether oxygens (including phenoxy) is 1. The molecule has 0 N–H and O–H groups in total. The number of carbonyl (C=O) groups is 1. The Kier molecular flexibility index (Phi) is 1.06. The number of aliphatic imine (C=N–C) groups is 1. The summed E-state index contributed by atoms with van der Waals surface area (Å²) in [5.74, 6) is 0.128. The van der Waals surface area contributed by atoms with Gasteiger partial charge in [0.1, 0.15) is 0 Å². The van der Waals surface area contributed by atoms with Crippen LogP contribution >= 0.6 is 0 Å². The highest BCUT2D eigenvalue weighted by atomic mass is 16.5. The number of carbonyl (C=O) groups excluding carboxylic acids is 1. The summed E-state index contributed by atoms with van der Waals surface area (Å²) in [5, 5.41) is 0. The molecule has 0 unspecified atom stereocenters. The molecular formula is C5H4NO2+. The van der Waals surface area contributed by atoms with Gasteiger partial charge in [-0.2, -0.15) is 0 Å². The van der Waals surface area contributed by atoms with Gasteiger partial charge in [-0.15, -0.1) is 0 Å². The lowest BCUT2D eigenvalue weighted by molar-refractivity contribution is -0.115. The van der Waals surface area contributed by atoms with Crippen molar-refractivity contribution in [2.24, 2.45) is 4.99 Å². The van der Waals surface area contributed by atoms with E-state index in [1.165, 1.54) is 13.1 Å². The Labute approximate surface area is 46.7 Å². The summed E-state index contributed by atoms with van der Waals surface area (Å²) in [6.07, 6.45) is 3.50. The molecule has 8 heavy (non-hydrogen) atoms. The quantitative estimate of drug-likeness (QED) is 0.457. The van der Waals surface area contributed by atoms with Gasteiger partial charge in [0.2, 0.25) is 6.20 Å². The molecule has 0 saturated carbocycles. The monoisotopic (exact) mass is 110 g/mol. The zero-order chi connectivity index (χ0) is 5.98. The third-order valence-electron chi connectivity index (χ3n) is 0.737. The summed E-state index contributed by atoms with van der Waals surface area (Å²) < 4.78 is 4.51. The molecule has 0 aliphatic carbocycles. The Bertz CT molecular complexity index is 169. The maximum Gasteiger partial charge on any atom is 0.370 e. The van der Waals surface area contributed by atoms with Crippen molar-refractivity contribution in [1.29, 1.82) is 0 Å². The number of Topliss-reactive ketones (excluding diaryl/α,β-unsaturated/α-hetero) is 1. The van der Waals surface area contributed by atoms with E-state index in [1.54, 1.807) is 0 Å². The van der Waals surface area contributed by atoms with Gasteiger partial charge in [-0.05, 0) is 4.99 Å². The predicted octanol–water partition coefficient (Wildman–Crippen LogP) is 0.352. The van der Waals surface area contributed by atoms with Crippen LogP contribution in [0.2, 0.25) is 0 Å². The van der Waals surface area contributed by atoms with Gasteiger partial charge in [0.25, 0.3) is 5.78 Å². The van der Waals surface area contributed by atoms with Crippen molar-refractivity contribution < 1.29 is 9.53 Å². The van der Waals surface area contributed by atoms with Crippen molar-refractivity contribution >= 4 is 12.2 Å². The molecule has 40 valence electrons. The fourth-order valence-electron chi connectivity index (χ4n) is 0.350. The van der Waals surface area contributed by atoms with Crippen LogP contribution in [-0.2, 0) is 9.53 Å². The molecule has 0 fully saturated rings. The SMILES string of the molecule is CC(=O)C1=CN=[C+]O1. The van der Waals surface area contributed by atoms with E-state index in [0.717, 1.165) is 0 Å². The summed E-state index contributed by atoms with van der Waals surface area (Å²) in [7, 11) is 0. The van der Waals surface area contributed by atoms with Crippen LogP contribution < -0.4 is 0 Å². The summed E-state index contributed by atoms with van der Waals surface area (Å²) in [6.45, 7) is 1.41. The fourth-order valence-corrected chi connectivity index (χ4v) is 0.350. The molecule has 1 aliphatic rings. The van der Waals surface area contributed by atoms with Crippen molar-refractivity contribution in [1.82, 2.24) is 0 Å². The molecule has 3 heteroatoms. The average Bonchev–Trinajstić information content (AvgIpc) is 2.12. The molecule has 0 atom stereocenters. The molecule has 1 rings (SSSR count). The average molecular weight is 110 g/mol. The van der Waals surface area contributed by atoms with Crippen LogP contribution in [0.25, 0.3) is 0 Å². The first-order chi connectivity index (χ1) is 3.80. The second kappa shape index (κ2) is 1.72. The van der Waals surface area contributed by atoms with Gasteiger partial charge >= 0.3 is 12.2 Å². The first kappa shape index (κ1) is 4.94. The summed E-state index contributed by atoms with van der Waals surface area (Å²) >= 11 is 0. The number of ketones is 1. The molecular weight excluding hydrogens is 106 g/mol. The first-order valence-corrected chi connectivity index (χ1v) is 2.13. The van der Waals surface area contributed by atoms with Gasteiger partial charge in [0.05, 0.1) is 0 Å². The summed E-state index contributed by atoms with van der Waals surface area (Å²) in [5.41, 5.74) is 0. The zero-order valence-electron chi connectivity index (χ0n) is 4.34. The molecule has 0 spiro atoms. The number of hydrogen-bond donors (Lipinski definition) is 0. The minimum Gasteiger partial charge on any atom is -0.273 e. The number of hydrogen-bond acceptors (Lipinski definition) is 3. The Morgan fingerprint density at radius 3 is 3.00 bits per heavy atom. The fraction of sp³-hybridized carbons (Fsp3) is 0.200. The van der Waals surface area contributed by atoms with E-state index in [-0.39, 0.29) is 11.5 Å². The van der Waals surface area contributed by atoms with Gasteiger partial charge < -0.3 is 0 Å². The maximum atomic E-state index is 10.4. The van der Waals surface area contributed by atoms with Gasteiger partial charge in [0, 0.05) is 6.92 Å². The maximum absolute atomic E-state index is 10.4. The molecule has 0 amide bonds. The third-order valence-corrected chi connectivity index (χ3v) is 0.737. The molecule has 0 aromatic carbocycles. The van der Waals surface area contributed by atoms with E-state index < -0.39 is 0 Å². The van der Waals surface area contributed by atoms with Crippen LogP contribution in [0.4, 0.5) is 0 Å². The Morgan fingerprint density at radius 2 is 2.75 bits per heavy atom. The summed E-state index contributed by atoms with van der Waals surface area (Å²) in [6, 6.07) is 0. The number of rotatable bonds is 1. The molecule has 3 nitrogen and oxygen atoms in total. The largest absolute Gasteiger partial charge is 0.370 e. The van der Waals surface area contributed by atoms with Crippen LogP contribution in [-0.4, -0.2) is 12.2 Å². The zero-order valence-corrected chi connectivity index (χ0v) is 4.34. The normalized spacial score (nSPS) is 14.4. The Morgan fingerprint density at radius 1 is 2.00 bits per heavy atom. The van der Waals surface area contributed by atoms with Gasteiger partial charge in [0.15, 0.2) is 0 Å². The van der Waals surface area contributed by atoms with E-state index in [4.69, 9.17) is 0 Å². The minimum atomic E-state index is -0.126. The lowest BCUT2D eigenvalue weighted by atomic mass is 10.4. The lowest BCUT2D eigenvalue weighted by Gasteiger charge is -1.75. The highest BCUT2D eigenvalue weighted by molar-refractivity contribution is 5.93. The van der Waals surface area contributed by atoms with E-state index in [2.05, 4.69) is 16.1 Å². The standard InChI is InChI=1S/C5H4NO2/c1-4(7)5-2-6-3-8-5/h2H,1H3/q+1. The molecule has 0 bridgehead atoms. The Hall–Kier alpha value is -1.21. The Balaban J connectivity index is 2.64. The van der Waals surface area contributed by atoms with E-state index in [1.807, 2.05) is 0 Å². The van der Waals surface area contributed by atoms with E-state index >= 15 is 0 Å². The smallest absolute Gasteiger partial charge is 0.273 e. The van der Waals surface area contributed by atoms with Crippen molar-refractivity contribution in [3.63, 3.8) is 0 Å². The minimum absolute atomic E-state index is 0.126. The molecule has 0 aromatic heterocycles. The highest BCUT2D eigenvalue weighted by Gasteiger charge is 2.19. The van der Waals surface area contributed by atoms with Crippen molar-refractivity contribution in [2.75, 3.05) is 0 Å². The van der Waals surface area contributed by atoms with E-state index in [9.17, 15) is 4.79 Å². The lowest BCUT2D eigenvalue weighted by Crippen LogP contribution is -1.95. The van der Waals surface area contributed by atoms with Crippen molar-refractivity contribution in [3.8, 4) is 0 Å². The summed E-state index contributed by atoms with van der Waals surface area (Å²) in [4.78, 5) is 13.8. The highest BCUT2D eigenvalue weighted by Crippen LogP contribution is 2.01. The van der Waals surface area contributed by atoms with Crippen LogP contribution in [0.5, 0.6) is 0 Å². The first-order valence-electron chi connectivity index (χ1n) is 2.13. The number of allylic oxidation sites excluding steroid dienone is 1. The third kappa shape index (κ3) is 0.718. The topological polar surface area (TPSA) is 38.7 Å². The molecule has 1 aliphatic heterocycles. The van der Waals surface area contributed by atoms with Crippen LogP contribution in [0, 0.1) is 0 Å². The predicted molar refractivity (Wildman–Crippen MR) is 27.3 cm³/mol. The van der Waals surface area contributed by atoms with Crippen molar-refractivity contribution in [2.45, 2.75) is 6.92 Å². The molecule has 0 aromatic rings. The molecule has 0 saturated heterocycles. The molecule has 0 radical (unpaired) electrons. The second-order valence-corrected chi connectivity index (χ2v) is 1.37. The van der Waals surface area contributed by atoms with Crippen LogP contribution in [0.15, 0.2) is 17.0 Å². The molecule has 1 heterocycles.